The maximum atomic E-state index is 10.0. The van der Waals surface area contributed by atoms with Gasteiger partial charge in [-0.3, -0.25) is 0 Å². The van der Waals surface area contributed by atoms with E-state index in [2.05, 4.69) is 29.3 Å². The van der Waals surface area contributed by atoms with E-state index < -0.39 is 0 Å². The highest BCUT2D eigenvalue weighted by molar-refractivity contribution is 7.09. The number of aromatic hydroxyl groups is 1. The second-order valence-corrected chi connectivity index (χ2v) is 5.66. The van der Waals surface area contributed by atoms with Crippen LogP contribution in [0.2, 0.25) is 0 Å². The molecule has 1 aromatic carbocycles. The lowest BCUT2D eigenvalue weighted by atomic mass is 10.1. The number of nitrogens with zero attached hydrogens (tertiary/aromatic N) is 1. The van der Waals surface area contributed by atoms with Crippen molar-refractivity contribution in [2.75, 3.05) is 11.4 Å². The van der Waals surface area contributed by atoms with Crippen LogP contribution in [-0.4, -0.2) is 11.7 Å². The van der Waals surface area contributed by atoms with Gasteiger partial charge in [0.1, 0.15) is 5.75 Å². The molecule has 1 atom stereocenters. The zero-order valence-corrected chi connectivity index (χ0v) is 12.2. The van der Waals surface area contributed by atoms with Gasteiger partial charge in [0.25, 0.3) is 0 Å². The maximum Gasteiger partial charge on any atom is 0.122 e. The minimum Gasteiger partial charge on any atom is -0.508 e. The minimum atomic E-state index is -0.151. The highest BCUT2D eigenvalue weighted by Crippen LogP contribution is 2.29. The lowest BCUT2D eigenvalue weighted by Gasteiger charge is -2.23. The summed E-state index contributed by atoms with van der Waals surface area (Å²) in [7, 11) is 0. The number of benzene rings is 1. The van der Waals surface area contributed by atoms with Gasteiger partial charge in [0.15, 0.2) is 0 Å². The first-order valence-corrected chi connectivity index (χ1v) is 7.35. The van der Waals surface area contributed by atoms with Crippen molar-refractivity contribution in [1.29, 1.82) is 0 Å². The molecule has 0 aliphatic rings. The van der Waals surface area contributed by atoms with E-state index in [0.717, 1.165) is 24.3 Å². The molecule has 1 heterocycles. The van der Waals surface area contributed by atoms with E-state index in [1.807, 2.05) is 19.1 Å². The van der Waals surface area contributed by atoms with E-state index in [1.165, 1.54) is 4.88 Å². The number of thiophene rings is 1. The number of hydrogen-bond donors (Lipinski definition) is 2. The lowest BCUT2D eigenvalue weighted by molar-refractivity contribution is 0.463. The zero-order chi connectivity index (χ0) is 13.8. The molecule has 0 amide bonds. The summed E-state index contributed by atoms with van der Waals surface area (Å²) in [6, 6.07) is 9.77. The molecule has 0 radical (unpaired) electrons. The molecule has 102 valence electrons. The van der Waals surface area contributed by atoms with Gasteiger partial charge in [-0.15, -0.1) is 11.3 Å². The van der Waals surface area contributed by atoms with Gasteiger partial charge < -0.3 is 15.7 Å². The smallest absolute Gasteiger partial charge is 0.122 e. The third kappa shape index (κ3) is 3.28. The van der Waals surface area contributed by atoms with Gasteiger partial charge in [-0.25, -0.2) is 0 Å². The zero-order valence-electron chi connectivity index (χ0n) is 11.3. The van der Waals surface area contributed by atoms with Gasteiger partial charge in [-0.2, -0.15) is 0 Å². The van der Waals surface area contributed by atoms with E-state index in [1.54, 1.807) is 17.4 Å². The van der Waals surface area contributed by atoms with Crippen molar-refractivity contribution in [2.45, 2.75) is 26.4 Å². The van der Waals surface area contributed by atoms with Crippen LogP contribution < -0.4 is 10.6 Å². The molecule has 4 heteroatoms. The fourth-order valence-electron chi connectivity index (χ4n) is 2.09. The SMILES string of the molecule is CCN(Cc1cccs1)c1ccc(C(C)N)c(O)c1. The number of phenolic OH excluding ortho intramolecular Hbond substituents is 1. The second-order valence-electron chi connectivity index (χ2n) is 4.63. The summed E-state index contributed by atoms with van der Waals surface area (Å²) >= 11 is 1.75. The summed E-state index contributed by atoms with van der Waals surface area (Å²) < 4.78 is 0. The van der Waals surface area contributed by atoms with E-state index >= 15 is 0 Å². The van der Waals surface area contributed by atoms with Crippen LogP contribution in [-0.2, 0) is 6.54 Å². The molecular weight excluding hydrogens is 256 g/mol. The molecule has 0 aliphatic heterocycles. The Labute approximate surface area is 118 Å². The lowest BCUT2D eigenvalue weighted by Crippen LogP contribution is -2.21. The third-order valence-corrected chi connectivity index (χ3v) is 4.04. The molecule has 3 nitrogen and oxygen atoms in total. The van der Waals surface area contributed by atoms with Crippen LogP contribution in [0.15, 0.2) is 35.7 Å². The van der Waals surface area contributed by atoms with Gasteiger partial charge in [0.05, 0.1) is 6.54 Å². The summed E-state index contributed by atoms with van der Waals surface area (Å²) in [6.45, 7) is 5.75. The van der Waals surface area contributed by atoms with Crippen molar-refractivity contribution in [1.82, 2.24) is 0 Å². The average molecular weight is 276 g/mol. The third-order valence-electron chi connectivity index (χ3n) is 3.18. The molecule has 0 saturated heterocycles. The summed E-state index contributed by atoms with van der Waals surface area (Å²) in [4.78, 5) is 3.55. The molecule has 0 aliphatic carbocycles. The Morgan fingerprint density at radius 3 is 2.68 bits per heavy atom. The quantitative estimate of drug-likeness (QED) is 0.878. The van der Waals surface area contributed by atoms with Crippen LogP contribution in [0.3, 0.4) is 0 Å². The van der Waals surface area contributed by atoms with Crippen molar-refractivity contribution in [3.63, 3.8) is 0 Å². The number of phenols is 1. The predicted octanol–water partition coefficient (Wildman–Crippen LogP) is 3.50. The van der Waals surface area contributed by atoms with Crippen molar-refractivity contribution in [3.05, 3.63) is 46.2 Å². The topological polar surface area (TPSA) is 49.5 Å². The monoisotopic (exact) mass is 276 g/mol. The normalized spacial score (nSPS) is 12.4. The minimum absolute atomic E-state index is 0.151. The van der Waals surface area contributed by atoms with Crippen molar-refractivity contribution >= 4 is 17.0 Å². The molecule has 2 aromatic rings. The van der Waals surface area contributed by atoms with Gasteiger partial charge in [-0.1, -0.05) is 12.1 Å². The Morgan fingerprint density at radius 1 is 1.37 bits per heavy atom. The van der Waals surface area contributed by atoms with E-state index in [4.69, 9.17) is 5.73 Å². The van der Waals surface area contributed by atoms with Crippen LogP contribution in [0.5, 0.6) is 5.75 Å². The highest BCUT2D eigenvalue weighted by Gasteiger charge is 2.11. The van der Waals surface area contributed by atoms with Crippen LogP contribution in [0.25, 0.3) is 0 Å². The van der Waals surface area contributed by atoms with Crippen LogP contribution >= 0.6 is 11.3 Å². The summed E-state index contributed by atoms with van der Waals surface area (Å²) in [5.74, 6) is 0.275. The van der Waals surface area contributed by atoms with E-state index in [9.17, 15) is 5.11 Å². The summed E-state index contributed by atoms with van der Waals surface area (Å²) in [5, 5.41) is 12.1. The molecule has 19 heavy (non-hydrogen) atoms. The average Bonchev–Trinajstić information content (AvgIpc) is 2.88. The second kappa shape index (κ2) is 6.08. The number of hydrogen-bond acceptors (Lipinski definition) is 4. The molecule has 0 fully saturated rings. The predicted molar refractivity (Wildman–Crippen MR) is 81.8 cm³/mol. The number of nitrogens with two attached hydrogens (primary N) is 1. The van der Waals surface area contributed by atoms with Crippen LogP contribution in [0.4, 0.5) is 5.69 Å². The Morgan fingerprint density at radius 2 is 2.16 bits per heavy atom. The largest absolute Gasteiger partial charge is 0.508 e. The Kier molecular flexibility index (Phi) is 4.45. The van der Waals surface area contributed by atoms with Crippen LogP contribution in [0.1, 0.15) is 30.3 Å². The fourth-order valence-corrected chi connectivity index (χ4v) is 2.81. The van der Waals surface area contributed by atoms with Crippen LogP contribution in [0, 0.1) is 0 Å². The fraction of sp³-hybridized carbons (Fsp3) is 0.333. The molecule has 3 N–H and O–H groups in total. The molecule has 1 unspecified atom stereocenters. The van der Waals surface area contributed by atoms with E-state index in [0.29, 0.717) is 0 Å². The highest BCUT2D eigenvalue weighted by atomic mass is 32.1. The standard InChI is InChI=1S/C15H20N2OS/c1-3-17(10-13-5-4-8-19-13)12-6-7-14(11(2)16)15(18)9-12/h4-9,11,18H,3,10,16H2,1-2H3. The number of rotatable bonds is 5. The summed E-state index contributed by atoms with van der Waals surface area (Å²) in [6.07, 6.45) is 0. The van der Waals surface area contributed by atoms with Crippen molar-refractivity contribution < 1.29 is 5.11 Å². The Hall–Kier alpha value is -1.52. The van der Waals surface area contributed by atoms with Crippen molar-refractivity contribution in [3.8, 4) is 5.75 Å². The summed E-state index contributed by atoms with van der Waals surface area (Å²) in [5.41, 5.74) is 7.62. The molecule has 2 rings (SSSR count). The molecule has 0 spiro atoms. The van der Waals surface area contributed by atoms with Gasteiger partial charge >= 0.3 is 0 Å². The van der Waals surface area contributed by atoms with Gasteiger partial charge in [0, 0.05) is 34.8 Å². The first-order valence-electron chi connectivity index (χ1n) is 6.47. The first-order chi connectivity index (χ1) is 9.11. The van der Waals surface area contributed by atoms with Crippen molar-refractivity contribution in [2.24, 2.45) is 5.73 Å². The van der Waals surface area contributed by atoms with Gasteiger partial charge in [0.2, 0.25) is 0 Å². The molecule has 1 aromatic heterocycles. The first kappa shape index (κ1) is 13.9. The molecule has 0 saturated carbocycles. The Bertz CT molecular complexity index is 523. The maximum absolute atomic E-state index is 10.0. The van der Waals surface area contributed by atoms with E-state index in [-0.39, 0.29) is 11.8 Å². The Balaban J connectivity index is 2.21. The molecular formula is C15H20N2OS. The number of anilines is 1. The van der Waals surface area contributed by atoms with Gasteiger partial charge in [-0.05, 0) is 31.4 Å². The molecule has 0 bridgehead atoms.